The molecule has 0 aliphatic rings. The van der Waals surface area contributed by atoms with Crippen LogP contribution in [0.4, 0.5) is 0 Å². The highest BCUT2D eigenvalue weighted by atomic mass is 32.1. The van der Waals surface area contributed by atoms with Crippen molar-refractivity contribution in [3.63, 3.8) is 0 Å². The second-order valence-corrected chi connectivity index (χ2v) is 9.92. The van der Waals surface area contributed by atoms with Gasteiger partial charge in [-0.2, -0.15) is 0 Å². The summed E-state index contributed by atoms with van der Waals surface area (Å²) < 4.78 is 7.11. The lowest BCUT2D eigenvalue weighted by Crippen LogP contribution is -2.00. The van der Waals surface area contributed by atoms with E-state index in [0.717, 1.165) is 28.2 Å². The highest BCUT2D eigenvalue weighted by molar-refractivity contribution is 7.26. The minimum atomic E-state index is 0.908. The number of aromatic nitrogens is 3. The molecule has 0 aliphatic heterocycles. The van der Waals surface area contributed by atoms with Gasteiger partial charge in [0.05, 0.1) is 22.2 Å². The summed E-state index contributed by atoms with van der Waals surface area (Å²) in [6, 6.07) is 38.8. The molecule has 3 nitrogen and oxygen atoms in total. The lowest BCUT2D eigenvalue weighted by molar-refractivity contribution is 0.983. The van der Waals surface area contributed by atoms with Crippen LogP contribution in [0.2, 0.25) is 0 Å². The first kappa shape index (κ1) is 19.0. The summed E-state index contributed by atoms with van der Waals surface area (Å²) in [4.78, 5) is 5.36. The topological polar surface area (TPSA) is 22.2 Å². The van der Waals surface area contributed by atoms with Gasteiger partial charge in [0.1, 0.15) is 0 Å². The minimum absolute atomic E-state index is 0.908. The van der Waals surface area contributed by atoms with Crippen LogP contribution < -0.4 is 0 Å². The van der Waals surface area contributed by atoms with Crippen molar-refractivity contribution in [1.82, 2.24) is 14.0 Å². The van der Waals surface area contributed by atoms with Gasteiger partial charge in [0, 0.05) is 42.7 Å². The molecular weight excluding hydrogens is 446 g/mol. The van der Waals surface area contributed by atoms with E-state index in [2.05, 4.69) is 124 Å². The number of imidazole rings is 1. The molecule has 4 heterocycles. The van der Waals surface area contributed by atoms with Crippen LogP contribution in [0.3, 0.4) is 0 Å². The van der Waals surface area contributed by atoms with Crippen molar-refractivity contribution in [2.45, 2.75) is 0 Å². The fourth-order valence-electron chi connectivity index (χ4n) is 5.45. The number of pyridine rings is 1. The van der Waals surface area contributed by atoms with Gasteiger partial charge in [-0.15, -0.1) is 11.3 Å². The molecule has 0 radical (unpaired) electrons. The third-order valence-corrected chi connectivity index (χ3v) is 8.19. The van der Waals surface area contributed by atoms with Crippen LogP contribution in [-0.4, -0.2) is 14.0 Å². The van der Waals surface area contributed by atoms with Crippen molar-refractivity contribution in [2.75, 3.05) is 0 Å². The van der Waals surface area contributed by atoms with Gasteiger partial charge in [0.25, 0.3) is 0 Å². The Labute approximate surface area is 205 Å². The Hall–Kier alpha value is -4.41. The largest absolute Gasteiger partial charge is 0.285 e. The van der Waals surface area contributed by atoms with Crippen LogP contribution in [0.25, 0.3) is 64.7 Å². The van der Waals surface area contributed by atoms with Gasteiger partial charge in [-0.25, -0.2) is 4.98 Å². The third-order valence-electron chi connectivity index (χ3n) is 6.97. The van der Waals surface area contributed by atoms with E-state index in [1.807, 2.05) is 11.3 Å². The van der Waals surface area contributed by atoms with Crippen LogP contribution in [0, 0.1) is 0 Å². The smallest absolute Gasteiger partial charge is 0.220 e. The summed E-state index contributed by atoms with van der Waals surface area (Å²) in [6.07, 6.45) is 2.12. The molecule has 0 unspecified atom stereocenters. The van der Waals surface area contributed by atoms with Gasteiger partial charge in [0.2, 0.25) is 5.95 Å². The maximum Gasteiger partial charge on any atom is 0.220 e. The summed E-state index contributed by atoms with van der Waals surface area (Å²) in [6.45, 7) is 0. The summed E-state index contributed by atoms with van der Waals surface area (Å²) in [5.74, 6) is 0.908. The van der Waals surface area contributed by atoms with Crippen LogP contribution >= 0.6 is 11.3 Å². The molecule has 0 bridgehead atoms. The predicted octanol–water partition coefficient (Wildman–Crippen LogP) is 8.47. The van der Waals surface area contributed by atoms with Crippen molar-refractivity contribution in [2.24, 2.45) is 0 Å². The average molecular weight is 466 g/mol. The third kappa shape index (κ3) is 2.57. The quantitative estimate of drug-likeness (QED) is 0.251. The monoisotopic (exact) mass is 465 g/mol. The average Bonchev–Trinajstić information content (AvgIpc) is 3.58. The van der Waals surface area contributed by atoms with Crippen molar-refractivity contribution < 1.29 is 0 Å². The van der Waals surface area contributed by atoms with Gasteiger partial charge < -0.3 is 0 Å². The number of benzene rings is 4. The van der Waals surface area contributed by atoms with Crippen LogP contribution in [0.15, 0.2) is 115 Å². The van der Waals surface area contributed by atoms with Gasteiger partial charge >= 0.3 is 0 Å². The Morgan fingerprint density at radius 2 is 1.17 bits per heavy atom. The van der Waals surface area contributed by atoms with Crippen molar-refractivity contribution in [3.05, 3.63) is 115 Å². The number of hydrogen-bond donors (Lipinski definition) is 0. The number of thiophene rings is 1. The highest BCUT2D eigenvalue weighted by Gasteiger charge is 2.20. The first-order valence-corrected chi connectivity index (χ1v) is 12.6. The Morgan fingerprint density at radius 1 is 0.543 bits per heavy atom. The lowest BCUT2D eigenvalue weighted by Gasteiger charge is -2.06. The fraction of sp³-hybridized carbons (Fsp3) is 0. The number of nitrogens with zero attached hydrogens (tertiary/aromatic N) is 3. The maximum absolute atomic E-state index is 5.36. The molecule has 0 atom stereocenters. The molecule has 8 aromatic rings. The molecule has 0 saturated carbocycles. The molecule has 4 heteroatoms. The molecular formula is C31H19N3S. The molecule has 35 heavy (non-hydrogen) atoms. The first-order valence-electron chi connectivity index (χ1n) is 11.7. The van der Waals surface area contributed by atoms with E-state index in [4.69, 9.17) is 4.98 Å². The molecule has 0 aliphatic carbocycles. The standard InChI is InChI=1S/C31H19N3S/c1-4-15-25-20(10-1)21-11-2-5-16-26(21)34(25)31-32-29(27-17-7-8-19-33(27)31)24-14-9-13-23-22-12-3-6-18-28(22)35-30(23)24/h1-19H. The molecule has 4 aromatic heterocycles. The highest BCUT2D eigenvalue weighted by Crippen LogP contribution is 2.41. The number of hydrogen-bond acceptors (Lipinski definition) is 2. The van der Waals surface area contributed by atoms with E-state index in [1.165, 1.54) is 36.5 Å². The summed E-state index contributed by atoms with van der Waals surface area (Å²) in [5, 5.41) is 5.08. The zero-order chi connectivity index (χ0) is 22.9. The predicted molar refractivity (Wildman–Crippen MR) is 148 cm³/mol. The van der Waals surface area contributed by atoms with E-state index in [9.17, 15) is 0 Å². The molecule has 4 aromatic carbocycles. The number of para-hydroxylation sites is 2. The lowest BCUT2D eigenvalue weighted by atomic mass is 10.1. The van der Waals surface area contributed by atoms with E-state index < -0.39 is 0 Å². The number of rotatable bonds is 2. The van der Waals surface area contributed by atoms with Gasteiger partial charge in [-0.3, -0.25) is 8.97 Å². The summed E-state index contributed by atoms with van der Waals surface area (Å²) in [5.41, 5.74) is 5.63. The van der Waals surface area contributed by atoms with E-state index >= 15 is 0 Å². The second kappa shape index (κ2) is 7.05. The Balaban J connectivity index is 1.50. The molecule has 0 spiro atoms. The molecule has 164 valence electrons. The maximum atomic E-state index is 5.36. The van der Waals surface area contributed by atoms with Crippen LogP contribution in [0.1, 0.15) is 0 Å². The van der Waals surface area contributed by atoms with Crippen LogP contribution in [0.5, 0.6) is 0 Å². The zero-order valence-corrected chi connectivity index (χ0v) is 19.5. The van der Waals surface area contributed by atoms with E-state index in [0.29, 0.717) is 0 Å². The summed E-state index contributed by atoms with van der Waals surface area (Å²) >= 11 is 1.85. The SMILES string of the molecule is c1ccc2c(c1)sc1c(-c3nc(-n4c5ccccc5c5ccccc54)n4ccccc34)cccc12. The molecule has 0 N–H and O–H groups in total. The molecule has 0 amide bonds. The Bertz CT molecular complexity index is 2020. The number of fused-ring (bicyclic) bond motifs is 7. The Morgan fingerprint density at radius 3 is 1.97 bits per heavy atom. The van der Waals surface area contributed by atoms with Crippen LogP contribution in [-0.2, 0) is 0 Å². The van der Waals surface area contributed by atoms with Gasteiger partial charge in [-0.1, -0.05) is 78.9 Å². The van der Waals surface area contributed by atoms with E-state index in [-0.39, 0.29) is 0 Å². The van der Waals surface area contributed by atoms with Crippen molar-refractivity contribution in [1.29, 1.82) is 0 Å². The molecule has 0 fully saturated rings. The van der Waals surface area contributed by atoms with Gasteiger partial charge in [-0.05, 0) is 30.3 Å². The fourth-order valence-corrected chi connectivity index (χ4v) is 6.67. The van der Waals surface area contributed by atoms with E-state index in [1.54, 1.807) is 0 Å². The minimum Gasteiger partial charge on any atom is -0.285 e. The first-order chi connectivity index (χ1) is 17.4. The second-order valence-electron chi connectivity index (χ2n) is 8.87. The van der Waals surface area contributed by atoms with Crippen molar-refractivity contribution in [3.8, 4) is 17.2 Å². The van der Waals surface area contributed by atoms with Gasteiger partial charge in [0.15, 0.2) is 0 Å². The van der Waals surface area contributed by atoms with Crippen molar-refractivity contribution >= 4 is 58.8 Å². The zero-order valence-electron chi connectivity index (χ0n) is 18.7. The Kier molecular flexibility index (Phi) is 3.82. The normalized spacial score (nSPS) is 12.0. The molecule has 8 rings (SSSR count). The molecule has 0 saturated heterocycles. The summed E-state index contributed by atoms with van der Waals surface area (Å²) in [7, 11) is 0.